The number of nitrogens with zero attached hydrogens (tertiary/aromatic N) is 7. The van der Waals surface area contributed by atoms with Crippen LogP contribution in [-0.2, 0) is 4.74 Å². The van der Waals surface area contributed by atoms with Gasteiger partial charge in [0.15, 0.2) is 5.82 Å². The SMILES string of the molecule is C.CCN1CCC(n2nc(C)c(-c3cc(N4CCOC[C@H]4C)nc(-c4ccnc5[nH]ccc45)n3)c2C)CC1. The molecule has 0 amide bonds. The van der Waals surface area contributed by atoms with Gasteiger partial charge in [-0.05, 0) is 52.3 Å². The Kier molecular flexibility index (Phi) is 7.49. The summed E-state index contributed by atoms with van der Waals surface area (Å²) in [6.07, 6.45) is 5.99. The third-order valence-corrected chi connectivity index (χ3v) is 8.01. The Hall–Kier alpha value is -3.30. The van der Waals surface area contributed by atoms with Crippen LogP contribution in [0.25, 0.3) is 33.7 Å². The van der Waals surface area contributed by atoms with E-state index in [0.29, 0.717) is 25.1 Å². The zero-order valence-electron chi connectivity index (χ0n) is 22.2. The molecule has 2 aliphatic heterocycles. The molecule has 4 aromatic rings. The van der Waals surface area contributed by atoms with Crippen LogP contribution in [-0.4, -0.2) is 80.1 Å². The molecule has 0 radical (unpaired) electrons. The summed E-state index contributed by atoms with van der Waals surface area (Å²) in [5.41, 5.74) is 6.05. The van der Waals surface area contributed by atoms with Gasteiger partial charge in [-0.1, -0.05) is 14.4 Å². The number of morpholine rings is 1. The van der Waals surface area contributed by atoms with Crippen molar-refractivity contribution in [1.82, 2.24) is 34.6 Å². The van der Waals surface area contributed by atoms with Gasteiger partial charge in [-0.2, -0.15) is 5.10 Å². The molecular formula is C29H40N8O. The van der Waals surface area contributed by atoms with Crippen molar-refractivity contribution >= 4 is 16.9 Å². The second-order valence-electron chi connectivity index (χ2n) is 10.3. The van der Waals surface area contributed by atoms with Gasteiger partial charge < -0.3 is 19.5 Å². The van der Waals surface area contributed by atoms with Gasteiger partial charge in [0.25, 0.3) is 0 Å². The molecule has 6 rings (SSSR count). The maximum Gasteiger partial charge on any atom is 0.162 e. The van der Waals surface area contributed by atoms with Gasteiger partial charge >= 0.3 is 0 Å². The number of H-pyrrole nitrogens is 1. The zero-order chi connectivity index (χ0) is 25.5. The summed E-state index contributed by atoms with van der Waals surface area (Å²) in [7, 11) is 0. The zero-order valence-corrected chi connectivity index (χ0v) is 22.2. The summed E-state index contributed by atoms with van der Waals surface area (Å²) in [5.74, 6) is 1.64. The van der Waals surface area contributed by atoms with Crippen LogP contribution in [0.2, 0.25) is 0 Å². The number of nitrogens with one attached hydrogen (secondary N) is 1. The second-order valence-corrected chi connectivity index (χ2v) is 10.3. The molecule has 4 aromatic heterocycles. The Labute approximate surface area is 225 Å². The van der Waals surface area contributed by atoms with Crippen molar-refractivity contribution in [2.24, 2.45) is 0 Å². The Balaban J connectivity index is 0.00000294. The third-order valence-electron chi connectivity index (χ3n) is 8.01. The summed E-state index contributed by atoms with van der Waals surface area (Å²) in [6.45, 7) is 14.3. The van der Waals surface area contributed by atoms with Gasteiger partial charge in [0.05, 0.1) is 36.7 Å². The van der Waals surface area contributed by atoms with Crippen molar-refractivity contribution in [3.8, 4) is 22.6 Å². The number of likely N-dealkylation sites (tertiary alicyclic amines) is 1. The molecule has 1 N–H and O–H groups in total. The number of fused-ring (bicyclic) bond motifs is 1. The lowest BCUT2D eigenvalue weighted by molar-refractivity contribution is 0.0985. The molecule has 6 heterocycles. The normalized spacial score (nSPS) is 19.2. The van der Waals surface area contributed by atoms with E-state index in [2.05, 4.69) is 58.2 Å². The Morgan fingerprint density at radius 3 is 2.68 bits per heavy atom. The fraction of sp³-hybridized carbons (Fsp3) is 0.517. The summed E-state index contributed by atoms with van der Waals surface area (Å²) < 4.78 is 7.98. The fourth-order valence-corrected chi connectivity index (χ4v) is 5.92. The number of aromatic nitrogens is 6. The number of anilines is 1. The Morgan fingerprint density at radius 1 is 1.11 bits per heavy atom. The molecule has 0 aliphatic carbocycles. The first-order valence-corrected chi connectivity index (χ1v) is 13.5. The minimum atomic E-state index is 0. The van der Waals surface area contributed by atoms with Crippen LogP contribution in [0.5, 0.6) is 0 Å². The van der Waals surface area contributed by atoms with E-state index in [1.807, 2.05) is 24.5 Å². The maximum atomic E-state index is 5.72. The lowest BCUT2D eigenvalue weighted by atomic mass is 10.0. The van der Waals surface area contributed by atoms with Crippen molar-refractivity contribution < 1.29 is 4.74 Å². The molecule has 0 bridgehead atoms. The number of piperidine rings is 1. The van der Waals surface area contributed by atoms with Crippen LogP contribution < -0.4 is 4.90 Å². The molecule has 1 atom stereocenters. The van der Waals surface area contributed by atoms with Crippen LogP contribution >= 0.6 is 0 Å². The third kappa shape index (κ3) is 4.69. The monoisotopic (exact) mass is 516 g/mol. The largest absolute Gasteiger partial charge is 0.377 e. The summed E-state index contributed by atoms with van der Waals surface area (Å²) in [5, 5.41) is 6.07. The molecule has 2 aliphatic rings. The van der Waals surface area contributed by atoms with E-state index < -0.39 is 0 Å². The van der Waals surface area contributed by atoms with E-state index >= 15 is 0 Å². The van der Waals surface area contributed by atoms with Crippen LogP contribution in [0.3, 0.4) is 0 Å². The highest BCUT2D eigenvalue weighted by Gasteiger charge is 2.27. The molecule has 9 heteroatoms. The molecule has 0 spiro atoms. The van der Waals surface area contributed by atoms with Crippen LogP contribution in [0.1, 0.15) is 51.5 Å². The van der Waals surface area contributed by atoms with Gasteiger partial charge in [0, 0.05) is 60.3 Å². The molecule has 38 heavy (non-hydrogen) atoms. The predicted molar refractivity (Wildman–Crippen MR) is 153 cm³/mol. The lowest BCUT2D eigenvalue weighted by Crippen LogP contribution is -2.44. The van der Waals surface area contributed by atoms with Gasteiger partial charge in [-0.25, -0.2) is 15.0 Å². The van der Waals surface area contributed by atoms with Gasteiger partial charge in [0.2, 0.25) is 0 Å². The average Bonchev–Trinajstić information content (AvgIpc) is 3.52. The van der Waals surface area contributed by atoms with Crippen molar-refractivity contribution in [3.05, 3.63) is 42.0 Å². The molecule has 2 saturated heterocycles. The van der Waals surface area contributed by atoms with Crippen LogP contribution in [0.15, 0.2) is 30.6 Å². The van der Waals surface area contributed by atoms with E-state index in [4.69, 9.17) is 19.8 Å². The highest BCUT2D eigenvalue weighted by atomic mass is 16.5. The molecular weight excluding hydrogens is 476 g/mol. The van der Waals surface area contributed by atoms with Crippen molar-refractivity contribution in [2.45, 2.75) is 60.0 Å². The average molecular weight is 517 g/mol. The Bertz CT molecular complexity index is 1400. The van der Waals surface area contributed by atoms with Gasteiger partial charge in [-0.3, -0.25) is 4.68 Å². The minimum Gasteiger partial charge on any atom is -0.377 e. The topological polar surface area (TPSA) is 88.0 Å². The summed E-state index contributed by atoms with van der Waals surface area (Å²) in [6, 6.07) is 6.86. The lowest BCUT2D eigenvalue weighted by Gasteiger charge is -2.34. The number of hydrogen-bond acceptors (Lipinski definition) is 7. The van der Waals surface area contributed by atoms with Crippen LogP contribution in [0, 0.1) is 13.8 Å². The second kappa shape index (κ2) is 10.8. The first-order valence-electron chi connectivity index (χ1n) is 13.5. The van der Waals surface area contributed by atoms with Crippen LogP contribution in [0.4, 0.5) is 5.82 Å². The van der Waals surface area contributed by atoms with E-state index in [0.717, 1.165) is 78.4 Å². The van der Waals surface area contributed by atoms with E-state index in [-0.39, 0.29) is 13.5 Å². The molecule has 0 saturated carbocycles. The fourth-order valence-electron chi connectivity index (χ4n) is 5.92. The molecule has 202 valence electrons. The van der Waals surface area contributed by atoms with E-state index in [1.54, 1.807) is 0 Å². The van der Waals surface area contributed by atoms with Gasteiger partial charge in [-0.15, -0.1) is 0 Å². The van der Waals surface area contributed by atoms with Crippen molar-refractivity contribution in [3.63, 3.8) is 0 Å². The van der Waals surface area contributed by atoms with E-state index in [9.17, 15) is 0 Å². The highest BCUT2D eigenvalue weighted by Crippen LogP contribution is 2.35. The summed E-state index contributed by atoms with van der Waals surface area (Å²) >= 11 is 0. The number of hydrogen-bond donors (Lipinski definition) is 1. The van der Waals surface area contributed by atoms with Crippen molar-refractivity contribution in [1.29, 1.82) is 0 Å². The number of aryl methyl sites for hydroxylation is 1. The molecule has 0 unspecified atom stereocenters. The number of ether oxygens (including phenoxy) is 1. The first-order chi connectivity index (χ1) is 18.0. The smallest absolute Gasteiger partial charge is 0.162 e. The summed E-state index contributed by atoms with van der Waals surface area (Å²) in [4.78, 5) is 22.8. The Morgan fingerprint density at radius 2 is 1.92 bits per heavy atom. The number of pyridine rings is 1. The maximum absolute atomic E-state index is 5.72. The quantitative estimate of drug-likeness (QED) is 0.399. The first kappa shape index (κ1) is 26.3. The standard InChI is InChI=1S/C28H36N8O.CH4/c1-5-34-12-8-21(9-13-34)36-20(4)26(19(3)33-36)24-16-25(35-14-15-37-17-18(35)2)32-28(31-24)23-7-11-30-27-22(23)6-10-29-27;/h6-7,10-11,16,18,21H,5,8-9,12-15,17H2,1-4H3,(H,29,30);1H4/t18-;/m1./s1. The van der Waals surface area contributed by atoms with E-state index in [1.165, 1.54) is 5.69 Å². The molecule has 0 aromatic carbocycles. The predicted octanol–water partition coefficient (Wildman–Crippen LogP) is 5.02. The van der Waals surface area contributed by atoms with Gasteiger partial charge in [0.1, 0.15) is 11.5 Å². The molecule has 2 fully saturated rings. The molecule has 9 nitrogen and oxygen atoms in total. The number of rotatable bonds is 5. The minimum absolute atomic E-state index is 0. The number of aromatic amines is 1. The van der Waals surface area contributed by atoms with Crippen molar-refractivity contribution in [2.75, 3.05) is 44.3 Å². The highest BCUT2D eigenvalue weighted by molar-refractivity contribution is 5.91.